The summed E-state index contributed by atoms with van der Waals surface area (Å²) >= 11 is 0. The minimum atomic E-state index is -4.70. The molecule has 176 valence electrons. The van der Waals surface area contributed by atoms with E-state index in [1.807, 2.05) is 0 Å². The Balaban J connectivity index is 1.52. The number of ketones is 1. The van der Waals surface area contributed by atoms with Crippen LogP contribution in [0.1, 0.15) is 27.9 Å². The van der Waals surface area contributed by atoms with E-state index >= 15 is 0 Å². The van der Waals surface area contributed by atoms with Crippen LogP contribution in [0.25, 0.3) is 5.78 Å². The number of hydrogen-bond acceptors (Lipinski definition) is 6. The molecular weight excluding hydrogens is 471 g/mol. The fraction of sp³-hybridized carbons (Fsp3) is 0.174. The third-order valence-electron chi connectivity index (χ3n) is 5.22. The van der Waals surface area contributed by atoms with E-state index < -0.39 is 26.5 Å². The summed E-state index contributed by atoms with van der Waals surface area (Å²) in [4.78, 5) is 19.9. The monoisotopic (exact) mass is 489 g/mol. The lowest BCUT2D eigenvalue weighted by atomic mass is 10.0. The van der Waals surface area contributed by atoms with E-state index in [-0.39, 0.29) is 22.8 Å². The molecule has 0 radical (unpaired) electrons. The van der Waals surface area contributed by atoms with Gasteiger partial charge in [0.2, 0.25) is 15.6 Å². The highest BCUT2D eigenvalue weighted by molar-refractivity contribution is 7.91. The third kappa shape index (κ3) is 4.65. The highest BCUT2D eigenvalue weighted by Gasteiger charge is 2.33. The number of ether oxygens (including phenoxy) is 1. The van der Waals surface area contributed by atoms with Crippen LogP contribution < -0.4 is 4.74 Å². The van der Waals surface area contributed by atoms with Crippen LogP contribution >= 0.6 is 0 Å². The minimum absolute atomic E-state index is 0.145. The van der Waals surface area contributed by atoms with Crippen molar-refractivity contribution < 1.29 is 31.1 Å². The number of benzene rings is 2. The molecule has 0 aliphatic carbocycles. The molecule has 0 aliphatic heterocycles. The lowest BCUT2D eigenvalue weighted by molar-refractivity contribution is -0.137. The zero-order chi connectivity index (χ0) is 24.5. The molecule has 0 unspecified atom stereocenters. The van der Waals surface area contributed by atoms with Crippen LogP contribution in [0.2, 0.25) is 0 Å². The zero-order valence-electron chi connectivity index (χ0n) is 17.8. The lowest BCUT2D eigenvalue weighted by Crippen LogP contribution is -2.10. The Kier molecular flexibility index (Phi) is 6.13. The topological polar surface area (TPSA) is 90.6 Å². The summed E-state index contributed by atoms with van der Waals surface area (Å²) in [6, 6.07) is 7.95. The summed E-state index contributed by atoms with van der Waals surface area (Å²) in [5.74, 6) is 0.144. The molecule has 2 aromatic heterocycles. The summed E-state index contributed by atoms with van der Waals surface area (Å²) in [7, 11) is -3.10. The van der Waals surface area contributed by atoms with Gasteiger partial charge in [-0.3, -0.25) is 9.20 Å². The predicted molar refractivity (Wildman–Crippen MR) is 116 cm³/mol. The molecule has 2 heterocycles. The quantitative estimate of drug-likeness (QED) is 0.358. The Morgan fingerprint density at radius 2 is 1.82 bits per heavy atom. The molecule has 11 heteroatoms. The van der Waals surface area contributed by atoms with E-state index in [2.05, 4.69) is 9.97 Å². The molecule has 2 aromatic carbocycles. The van der Waals surface area contributed by atoms with Crippen molar-refractivity contribution in [2.45, 2.75) is 28.8 Å². The van der Waals surface area contributed by atoms with E-state index in [0.29, 0.717) is 29.4 Å². The zero-order valence-corrected chi connectivity index (χ0v) is 18.6. The van der Waals surface area contributed by atoms with Crippen molar-refractivity contribution in [1.82, 2.24) is 14.4 Å². The van der Waals surface area contributed by atoms with Gasteiger partial charge in [-0.25, -0.2) is 18.4 Å². The molecule has 0 N–H and O–H groups in total. The third-order valence-corrected chi connectivity index (χ3v) is 7.01. The first-order valence-corrected chi connectivity index (χ1v) is 11.5. The van der Waals surface area contributed by atoms with Crippen LogP contribution in [0.15, 0.2) is 77.0 Å². The van der Waals surface area contributed by atoms with E-state index in [1.165, 1.54) is 37.6 Å². The number of hydrogen-bond donors (Lipinski definition) is 0. The largest absolute Gasteiger partial charge is 0.495 e. The van der Waals surface area contributed by atoms with E-state index in [0.717, 1.165) is 12.1 Å². The van der Waals surface area contributed by atoms with Crippen LogP contribution in [0.5, 0.6) is 5.75 Å². The van der Waals surface area contributed by atoms with Crippen molar-refractivity contribution in [3.05, 3.63) is 83.9 Å². The summed E-state index contributed by atoms with van der Waals surface area (Å²) in [6.07, 6.45) is 2.13. The molecule has 0 saturated carbocycles. The highest BCUT2D eigenvalue weighted by Crippen LogP contribution is 2.36. The van der Waals surface area contributed by atoms with Gasteiger partial charge in [0, 0.05) is 31.2 Å². The minimum Gasteiger partial charge on any atom is -0.495 e. The molecule has 0 bridgehead atoms. The van der Waals surface area contributed by atoms with E-state index in [1.54, 1.807) is 23.0 Å². The standard InChI is InChI=1S/C23H18F3N3O4S/c1-33-20-9-5-17(23(24,25)26)12-21(20)34(31,32)18-6-2-15(3-7-18)4-8-19(30)16-13-28-22-27-10-11-29(22)14-16/h2-3,5-7,9-14H,4,8H2,1H3. The van der Waals surface area contributed by atoms with Gasteiger partial charge < -0.3 is 4.74 Å². The summed E-state index contributed by atoms with van der Waals surface area (Å²) in [6.45, 7) is 0. The highest BCUT2D eigenvalue weighted by atomic mass is 32.2. The first-order chi connectivity index (χ1) is 16.1. The summed E-state index contributed by atoms with van der Waals surface area (Å²) in [5.41, 5.74) is 0.0201. The van der Waals surface area contributed by atoms with E-state index in [4.69, 9.17) is 4.74 Å². The molecule has 4 rings (SSSR count). The van der Waals surface area contributed by atoms with Crippen molar-refractivity contribution in [2.24, 2.45) is 0 Å². The Hall–Kier alpha value is -3.73. The number of carbonyl (C=O) groups excluding carboxylic acids is 1. The Morgan fingerprint density at radius 3 is 2.50 bits per heavy atom. The smallest absolute Gasteiger partial charge is 0.416 e. The van der Waals surface area contributed by atoms with Crippen molar-refractivity contribution in [1.29, 1.82) is 0 Å². The average Bonchev–Trinajstić information content (AvgIpc) is 3.29. The van der Waals surface area contributed by atoms with Crippen LogP contribution in [-0.2, 0) is 22.4 Å². The molecule has 34 heavy (non-hydrogen) atoms. The number of alkyl halides is 3. The number of imidazole rings is 1. The number of halogens is 3. The number of aryl methyl sites for hydroxylation is 1. The van der Waals surface area contributed by atoms with Crippen molar-refractivity contribution in [2.75, 3.05) is 7.11 Å². The van der Waals surface area contributed by atoms with Gasteiger partial charge in [-0.05, 0) is 42.3 Å². The van der Waals surface area contributed by atoms with Gasteiger partial charge in [-0.2, -0.15) is 13.2 Å². The van der Waals surface area contributed by atoms with Crippen molar-refractivity contribution >= 4 is 21.4 Å². The molecule has 4 aromatic rings. The Bertz CT molecular complexity index is 1460. The number of Topliss-reactive ketones (excluding diaryl/α,β-unsaturated/α-hetero) is 1. The van der Waals surface area contributed by atoms with Gasteiger partial charge in [0.25, 0.3) is 0 Å². The van der Waals surface area contributed by atoms with E-state index in [9.17, 15) is 26.4 Å². The number of aromatic nitrogens is 3. The van der Waals surface area contributed by atoms with Gasteiger partial charge in [0.1, 0.15) is 10.6 Å². The van der Waals surface area contributed by atoms with Crippen LogP contribution in [0.3, 0.4) is 0 Å². The number of sulfone groups is 1. The second-order valence-electron chi connectivity index (χ2n) is 7.41. The lowest BCUT2D eigenvalue weighted by Gasteiger charge is -2.13. The summed E-state index contributed by atoms with van der Waals surface area (Å²) < 4.78 is 72.0. The Labute approximate surface area is 192 Å². The normalized spacial score (nSPS) is 12.1. The Morgan fingerprint density at radius 1 is 1.09 bits per heavy atom. The predicted octanol–water partition coefficient (Wildman–Crippen LogP) is 4.41. The van der Waals surface area contributed by atoms with Gasteiger partial charge in [-0.1, -0.05) is 12.1 Å². The molecular formula is C23H18F3N3O4S. The number of fused-ring (bicyclic) bond motifs is 1. The second-order valence-corrected chi connectivity index (χ2v) is 9.33. The van der Waals surface area contributed by atoms with Crippen LogP contribution in [0, 0.1) is 0 Å². The van der Waals surface area contributed by atoms with Crippen LogP contribution in [0.4, 0.5) is 13.2 Å². The van der Waals surface area contributed by atoms with Gasteiger partial charge >= 0.3 is 6.18 Å². The number of methoxy groups -OCH3 is 1. The average molecular weight is 489 g/mol. The van der Waals surface area contributed by atoms with Gasteiger partial charge in [0.05, 0.1) is 23.1 Å². The number of nitrogens with zero attached hydrogens (tertiary/aromatic N) is 3. The molecule has 0 saturated heterocycles. The molecule has 0 amide bonds. The van der Waals surface area contributed by atoms with Crippen molar-refractivity contribution in [3.63, 3.8) is 0 Å². The second kappa shape index (κ2) is 8.90. The van der Waals surface area contributed by atoms with Crippen molar-refractivity contribution in [3.8, 4) is 5.75 Å². The van der Waals surface area contributed by atoms with Gasteiger partial charge in [-0.15, -0.1) is 0 Å². The first-order valence-electron chi connectivity index (χ1n) is 10.0. The molecule has 0 atom stereocenters. The maximum atomic E-state index is 13.1. The fourth-order valence-electron chi connectivity index (χ4n) is 3.39. The fourth-order valence-corrected chi connectivity index (χ4v) is 4.83. The molecule has 0 aliphatic rings. The first kappa shape index (κ1) is 23.4. The van der Waals surface area contributed by atoms with Crippen LogP contribution in [-0.4, -0.2) is 35.7 Å². The maximum absolute atomic E-state index is 13.1. The van der Waals surface area contributed by atoms with Gasteiger partial charge in [0.15, 0.2) is 5.78 Å². The molecule has 7 nitrogen and oxygen atoms in total. The molecule has 0 fully saturated rings. The molecule has 0 spiro atoms. The SMILES string of the molecule is COc1ccc(C(F)(F)F)cc1S(=O)(=O)c1ccc(CCC(=O)c2cnc3nccn3c2)cc1. The maximum Gasteiger partial charge on any atom is 0.416 e. The number of rotatable bonds is 7. The number of carbonyl (C=O) groups is 1. The summed E-state index contributed by atoms with van der Waals surface area (Å²) in [5, 5.41) is 0.